The van der Waals surface area contributed by atoms with E-state index in [1.165, 1.54) is 19.1 Å². The van der Waals surface area contributed by atoms with E-state index >= 15 is 0 Å². The Balaban J connectivity index is 2.70. The van der Waals surface area contributed by atoms with Crippen molar-refractivity contribution in [3.05, 3.63) is 33.8 Å². The number of aromatic nitrogens is 1. The molecule has 2 rings (SSSR count). The third-order valence-corrected chi connectivity index (χ3v) is 1.96. The summed E-state index contributed by atoms with van der Waals surface area (Å²) in [5.41, 5.74) is 0.633. The van der Waals surface area contributed by atoms with Crippen LogP contribution in [-0.2, 0) is 4.79 Å². The molecule has 0 amide bonds. The molecule has 0 saturated heterocycles. The minimum atomic E-state index is -0.762. The highest BCUT2D eigenvalue weighted by atomic mass is 35.5. The molecule has 2 aromatic rings. The van der Waals surface area contributed by atoms with Gasteiger partial charge in [-0.2, -0.15) is 0 Å². The molecule has 0 unspecified atom stereocenters. The number of oxazole rings is 1. The van der Waals surface area contributed by atoms with Gasteiger partial charge in [-0.25, -0.2) is 9.59 Å². The van der Waals surface area contributed by atoms with Gasteiger partial charge in [0, 0.05) is 11.9 Å². The third kappa shape index (κ3) is 1.73. The second kappa shape index (κ2) is 3.43. The van der Waals surface area contributed by atoms with E-state index in [0.717, 1.165) is 4.73 Å². The lowest BCUT2D eigenvalue weighted by molar-refractivity contribution is -0.141. The van der Waals surface area contributed by atoms with Crippen LogP contribution in [0.1, 0.15) is 6.92 Å². The van der Waals surface area contributed by atoms with Crippen molar-refractivity contribution in [3.63, 3.8) is 0 Å². The van der Waals surface area contributed by atoms with Gasteiger partial charge in [0.2, 0.25) is 0 Å². The first-order chi connectivity index (χ1) is 7.08. The number of hydrogen-bond donors (Lipinski definition) is 0. The maximum atomic E-state index is 11.3. The number of nitrogens with zero attached hydrogens (tertiary/aromatic N) is 1. The average Bonchev–Trinajstić information content (AvgIpc) is 2.43. The molecule has 6 heteroatoms. The topological polar surface area (TPSA) is 61.4 Å². The number of benzene rings is 1. The van der Waals surface area contributed by atoms with Crippen molar-refractivity contribution >= 4 is 28.7 Å². The molecule has 0 fully saturated rings. The van der Waals surface area contributed by atoms with Crippen LogP contribution in [0.2, 0.25) is 5.02 Å². The molecule has 0 spiro atoms. The van der Waals surface area contributed by atoms with Gasteiger partial charge in [-0.3, -0.25) is 0 Å². The van der Waals surface area contributed by atoms with E-state index in [-0.39, 0.29) is 0 Å². The van der Waals surface area contributed by atoms with Crippen molar-refractivity contribution in [2.75, 3.05) is 0 Å². The lowest BCUT2D eigenvalue weighted by Gasteiger charge is -1.98. The Hall–Kier alpha value is -1.75. The fraction of sp³-hybridized carbons (Fsp3) is 0.111. The molecule has 0 bridgehead atoms. The van der Waals surface area contributed by atoms with E-state index in [0.29, 0.717) is 16.1 Å². The summed E-state index contributed by atoms with van der Waals surface area (Å²) in [4.78, 5) is 26.7. The predicted octanol–water partition coefficient (Wildman–Crippen LogP) is 1.22. The monoisotopic (exact) mass is 227 g/mol. The van der Waals surface area contributed by atoms with Crippen LogP contribution >= 0.6 is 11.6 Å². The fourth-order valence-corrected chi connectivity index (χ4v) is 1.35. The molecule has 0 radical (unpaired) electrons. The van der Waals surface area contributed by atoms with Gasteiger partial charge in [-0.15, -0.1) is 0 Å². The minimum Gasteiger partial charge on any atom is -0.405 e. The van der Waals surface area contributed by atoms with E-state index in [1.54, 1.807) is 6.07 Å². The highest BCUT2D eigenvalue weighted by molar-refractivity contribution is 6.31. The minimum absolute atomic E-state index is 0.311. The lowest BCUT2D eigenvalue weighted by Crippen LogP contribution is -2.25. The SMILES string of the molecule is CC(=O)On1c(=O)oc2ccc(Cl)cc21. The van der Waals surface area contributed by atoms with E-state index in [2.05, 4.69) is 4.84 Å². The van der Waals surface area contributed by atoms with Gasteiger partial charge < -0.3 is 9.25 Å². The first kappa shape index (κ1) is 9.79. The van der Waals surface area contributed by atoms with Gasteiger partial charge in [0.1, 0.15) is 5.52 Å². The zero-order valence-electron chi connectivity index (χ0n) is 7.69. The molecule has 0 saturated carbocycles. The number of hydrogen-bond acceptors (Lipinski definition) is 4. The highest BCUT2D eigenvalue weighted by Gasteiger charge is 2.11. The van der Waals surface area contributed by atoms with Crippen LogP contribution in [0, 0.1) is 0 Å². The van der Waals surface area contributed by atoms with Crippen molar-refractivity contribution in [3.8, 4) is 0 Å². The number of rotatable bonds is 1. The molecule has 0 N–H and O–H groups in total. The van der Waals surface area contributed by atoms with Crippen LogP contribution in [0.4, 0.5) is 0 Å². The molecule has 5 nitrogen and oxygen atoms in total. The predicted molar refractivity (Wildman–Crippen MR) is 52.7 cm³/mol. The second-order valence-electron chi connectivity index (χ2n) is 2.86. The van der Waals surface area contributed by atoms with Crippen LogP contribution in [-0.4, -0.2) is 10.7 Å². The summed E-state index contributed by atoms with van der Waals surface area (Å²) in [6.07, 6.45) is 0. The normalized spacial score (nSPS) is 10.5. The van der Waals surface area contributed by atoms with Gasteiger partial charge in [0.15, 0.2) is 5.58 Å². The number of carbonyl (C=O) groups is 1. The van der Waals surface area contributed by atoms with Crippen molar-refractivity contribution in [2.45, 2.75) is 6.92 Å². The maximum Gasteiger partial charge on any atom is 0.453 e. The second-order valence-corrected chi connectivity index (χ2v) is 3.29. The number of halogens is 1. The van der Waals surface area contributed by atoms with Crippen LogP contribution in [0.5, 0.6) is 0 Å². The molecule has 0 atom stereocenters. The molecule has 78 valence electrons. The first-order valence-corrected chi connectivity index (χ1v) is 4.46. The van der Waals surface area contributed by atoms with Crippen LogP contribution < -0.4 is 10.6 Å². The highest BCUT2D eigenvalue weighted by Crippen LogP contribution is 2.17. The quantitative estimate of drug-likeness (QED) is 0.735. The summed E-state index contributed by atoms with van der Waals surface area (Å²) in [7, 11) is 0. The summed E-state index contributed by atoms with van der Waals surface area (Å²) in [6.45, 7) is 1.19. The Bertz CT molecular complexity index is 583. The molecule has 0 aliphatic carbocycles. The molecular weight excluding hydrogens is 222 g/mol. The Morgan fingerprint density at radius 3 is 2.93 bits per heavy atom. The van der Waals surface area contributed by atoms with Crippen molar-refractivity contribution in [1.82, 2.24) is 4.73 Å². The molecule has 1 aromatic carbocycles. The largest absolute Gasteiger partial charge is 0.453 e. The molecular formula is C9H6ClNO4. The zero-order valence-corrected chi connectivity index (χ0v) is 8.45. The average molecular weight is 228 g/mol. The van der Waals surface area contributed by atoms with Gasteiger partial charge in [-0.05, 0) is 18.2 Å². The number of carbonyl (C=O) groups excluding carboxylic acids is 1. The summed E-state index contributed by atoms with van der Waals surface area (Å²) in [5, 5.41) is 0.421. The van der Waals surface area contributed by atoms with Gasteiger partial charge in [0.25, 0.3) is 0 Å². The smallest absolute Gasteiger partial charge is 0.405 e. The van der Waals surface area contributed by atoms with Crippen molar-refractivity contribution < 1.29 is 14.0 Å². The molecule has 15 heavy (non-hydrogen) atoms. The van der Waals surface area contributed by atoms with Gasteiger partial charge in [-0.1, -0.05) is 16.3 Å². The Kier molecular flexibility index (Phi) is 2.24. The number of fused-ring (bicyclic) bond motifs is 1. The Labute approximate surface area is 88.8 Å². The van der Waals surface area contributed by atoms with E-state index < -0.39 is 11.7 Å². The van der Waals surface area contributed by atoms with E-state index in [9.17, 15) is 9.59 Å². The fourth-order valence-electron chi connectivity index (χ4n) is 1.18. The van der Waals surface area contributed by atoms with E-state index in [1.807, 2.05) is 0 Å². The van der Waals surface area contributed by atoms with Crippen LogP contribution in [0.25, 0.3) is 11.1 Å². The van der Waals surface area contributed by atoms with Crippen molar-refractivity contribution in [2.24, 2.45) is 0 Å². The Morgan fingerprint density at radius 1 is 1.53 bits per heavy atom. The van der Waals surface area contributed by atoms with E-state index in [4.69, 9.17) is 16.0 Å². The summed E-state index contributed by atoms with van der Waals surface area (Å²) >= 11 is 5.74. The summed E-state index contributed by atoms with van der Waals surface area (Å²) in [6, 6.07) is 4.58. The van der Waals surface area contributed by atoms with Gasteiger partial charge >= 0.3 is 11.7 Å². The standard InChI is InChI=1S/C9H6ClNO4/c1-5(12)15-11-7-4-6(10)2-3-8(7)14-9(11)13/h2-4H,1H3. The van der Waals surface area contributed by atoms with Crippen LogP contribution in [0.15, 0.2) is 27.4 Å². The van der Waals surface area contributed by atoms with Crippen molar-refractivity contribution in [1.29, 1.82) is 0 Å². The first-order valence-electron chi connectivity index (χ1n) is 4.08. The summed E-state index contributed by atoms with van der Waals surface area (Å²) < 4.78 is 5.59. The molecule has 0 aliphatic rings. The third-order valence-electron chi connectivity index (χ3n) is 1.72. The molecule has 1 aromatic heterocycles. The summed E-state index contributed by atoms with van der Waals surface area (Å²) in [5.74, 6) is -1.37. The molecule has 0 aliphatic heterocycles. The van der Waals surface area contributed by atoms with Gasteiger partial charge in [0.05, 0.1) is 0 Å². The maximum absolute atomic E-state index is 11.3. The van der Waals surface area contributed by atoms with Crippen LogP contribution in [0.3, 0.4) is 0 Å². The zero-order chi connectivity index (χ0) is 11.0. The Morgan fingerprint density at radius 2 is 2.27 bits per heavy atom. The lowest BCUT2D eigenvalue weighted by atomic mass is 10.3. The molecule has 1 heterocycles.